The van der Waals surface area contributed by atoms with Crippen molar-refractivity contribution < 1.29 is 15.0 Å². The molecule has 1 heterocycles. The lowest BCUT2D eigenvalue weighted by Gasteiger charge is -2.37. The monoisotopic (exact) mass is 241 g/mol. The van der Waals surface area contributed by atoms with Gasteiger partial charge in [-0.2, -0.15) is 0 Å². The lowest BCUT2D eigenvalue weighted by molar-refractivity contribution is -0.142. The normalized spacial score (nSPS) is 30.6. The third kappa shape index (κ3) is 2.33. The fourth-order valence-corrected chi connectivity index (χ4v) is 3.60. The number of hydrogen-bond acceptors (Lipinski definition) is 3. The van der Waals surface area contributed by atoms with Crippen LogP contribution in [0.25, 0.3) is 0 Å². The molecule has 0 amide bonds. The van der Waals surface area contributed by atoms with Crippen molar-refractivity contribution >= 4 is 5.97 Å². The fourth-order valence-electron chi connectivity index (χ4n) is 3.60. The van der Waals surface area contributed by atoms with Gasteiger partial charge in [0.1, 0.15) is 6.04 Å². The van der Waals surface area contributed by atoms with Crippen LogP contribution in [0, 0.1) is 11.3 Å². The number of carbonyl (C=O) groups is 1. The molecule has 2 aliphatic rings. The molecular formula is C13H23NO3. The van der Waals surface area contributed by atoms with Gasteiger partial charge in [-0.25, -0.2) is 0 Å². The number of rotatable bonds is 3. The van der Waals surface area contributed by atoms with Crippen molar-refractivity contribution in [3.05, 3.63) is 0 Å². The summed E-state index contributed by atoms with van der Waals surface area (Å²) in [5.74, 6) is -0.487. The van der Waals surface area contributed by atoms with E-state index in [0.29, 0.717) is 0 Å². The Hall–Kier alpha value is -0.610. The highest BCUT2D eigenvalue weighted by Gasteiger charge is 2.48. The number of nitrogens with zero attached hydrogens (tertiary/aromatic N) is 1. The minimum Gasteiger partial charge on any atom is -0.480 e. The highest BCUT2D eigenvalue weighted by Crippen LogP contribution is 2.47. The molecule has 0 aromatic carbocycles. The Labute approximate surface area is 103 Å². The van der Waals surface area contributed by atoms with Crippen LogP contribution in [0.5, 0.6) is 0 Å². The van der Waals surface area contributed by atoms with Crippen LogP contribution in [0.1, 0.15) is 39.0 Å². The second kappa shape index (κ2) is 4.94. The predicted molar refractivity (Wildman–Crippen MR) is 64.8 cm³/mol. The summed E-state index contributed by atoms with van der Waals surface area (Å²) >= 11 is 0. The summed E-state index contributed by atoms with van der Waals surface area (Å²) in [4.78, 5) is 13.1. The van der Waals surface area contributed by atoms with Gasteiger partial charge in [0.05, 0.1) is 0 Å². The van der Waals surface area contributed by atoms with E-state index in [4.69, 9.17) is 5.11 Å². The summed E-state index contributed by atoms with van der Waals surface area (Å²) in [7, 11) is 0. The van der Waals surface area contributed by atoms with Crippen molar-refractivity contribution in [2.75, 3.05) is 19.7 Å². The van der Waals surface area contributed by atoms with E-state index < -0.39 is 12.0 Å². The molecule has 1 saturated carbocycles. The molecule has 4 nitrogen and oxygen atoms in total. The lowest BCUT2D eigenvalue weighted by atomic mass is 9.68. The second-order valence-corrected chi connectivity index (χ2v) is 5.75. The van der Waals surface area contributed by atoms with Crippen LogP contribution in [0.4, 0.5) is 0 Å². The van der Waals surface area contributed by atoms with E-state index in [1.807, 2.05) is 4.90 Å². The van der Waals surface area contributed by atoms with E-state index in [-0.39, 0.29) is 17.9 Å². The molecule has 2 rings (SSSR count). The molecule has 1 spiro atoms. The average Bonchev–Trinajstić information content (AvgIpc) is 2.67. The lowest BCUT2D eigenvalue weighted by Crippen LogP contribution is -2.39. The maximum absolute atomic E-state index is 11.0. The topological polar surface area (TPSA) is 60.8 Å². The van der Waals surface area contributed by atoms with Crippen molar-refractivity contribution in [1.29, 1.82) is 0 Å². The molecule has 1 saturated heterocycles. The SMILES string of the molecule is C[C@H](C(=O)O)N1C[C@@H](CO)C2(CCCCC2)C1. The van der Waals surface area contributed by atoms with Gasteiger partial charge in [-0.15, -0.1) is 0 Å². The number of aliphatic carboxylic acids is 1. The van der Waals surface area contributed by atoms with Gasteiger partial charge < -0.3 is 10.2 Å². The van der Waals surface area contributed by atoms with Crippen LogP contribution >= 0.6 is 0 Å². The molecule has 1 aliphatic heterocycles. The Morgan fingerprint density at radius 2 is 2.06 bits per heavy atom. The van der Waals surface area contributed by atoms with Crippen molar-refractivity contribution in [1.82, 2.24) is 4.90 Å². The molecule has 0 unspecified atom stereocenters. The van der Waals surface area contributed by atoms with E-state index >= 15 is 0 Å². The van der Waals surface area contributed by atoms with Gasteiger partial charge in [0, 0.05) is 25.6 Å². The summed E-state index contributed by atoms with van der Waals surface area (Å²) in [5, 5.41) is 18.6. The molecule has 4 heteroatoms. The molecule has 1 aliphatic carbocycles. The Bertz CT molecular complexity index is 286. The fraction of sp³-hybridized carbons (Fsp3) is 0.923. The van der Waals surface area contributed by atoms with E-state index in [2.05, 4.69) is 0 Å². The number of carboxylic acids is 1. The summed E-state index contributed by atoms with van der Waals surface area (Å²) in [6.07, 6.45) is 6.05. The van der Waals surface area contributed by atoms with Gasteiger partial charge in [-0.1, -0.05) is 19.3 Å². The van der Waals surface area contributed by atoms with Crippen LogP contribution in [0.3, 0.4) is 0 Å². The summed E-state index contributed by atoms with van der Waals surface area (Å²) in [5.41, 5.74) is 0.191. The van der Waals surface area contributed by atoms with Gasteiger partial charge in [-0.05, 0) is 25.2 Å². The van der Waals surface area contributed by atoms with Gasteiger partial charge >= 0.3 is 5.97 Å². The van der Waals surface area contributed by atoms with E-state index in [9.17, 15) is 9.90 Å². The zero-order valence-electron chi connectivity index (χ0n) is 10.6. The van der Waals surface area contributed by atoms with Crippen LogP contribution in [0.15, 0.2) is 0 Å². The van der Waals surface area contributed by atoms with Crippen molar-refractivity contribution in [2.24, 2.45) is 11.3 Å². The zero-order valence-corrected chi connectivity index (χ0v) is 10.6. The summed E-state index contributed by atoms with van der Waals surface area (Å²) in [6.45, 7) is 3.54. The van der Waals surface area contributed by atoms with Gasteiger partial charge in [-0.3, -0.25) is 9.69 Å². The summed E-state index contributed by atoms with van der Waals surface area (Å²) in [6, 6.07) is -0.426. The first-order valence-electron chi connectivity index (χ1n) is 6.67. The molecular weight excluding hydrogens is 218 g/mol. The first-order valence-corrected chi connectivity index (χ1v) is 6.67. The van der Waals surface area contributed by atoms with Gasteiger partial charge in [0.15, 0.2) is 0 Å². The smallest absolute Gasteiger partial charge is 0.320 e. The first-order chi connectivity index (χ1) is 8.09. The zero-order chi connectivity index (χ0) is 12.5. The number of aliphatic hydroxyl groups is 1. The molecule has 0 radical (unpaired) electrons. The Balaban J connectivity index is 2.10. The van der Waals surface area contributed by atoms with Gasteiger partial charge in [0.25, 0.3) is 0 Å². The minimum absolute atomic E-state index is 0.191. The third-order valence-electron chi connectivity index (χ3n) is 4.81. The quantitative estimate of drug-likeness (QED) is 0.782. The largest absolute Gasteiger partial charge is 0.480 e. The summed E-state index contributed by atoms with van der Waals surface area (Å²) < 4.78 is 0. The predicted octanol–water partition coefficient (Wildman–Crippen LogP) is 1.33. The molecule has 0 aromatic rings. The molecule has 0 aromatic heterocycles. The van der Waals surface area contributed by atoms with Crippen LogP contribution < -0.4 is 0 Å². The van der Waals surface area contributed by atoms with Crippen molar-refractivity contribution in [3.8, 4) is 0 Å². The molecule has 2 N–H and O–H groups in total. The molecule has 0 bridgehead atoms. The van der Waals surface area contributed by atoms with Crippen LogP contribution in [0.2, 0.25) is 0 Å². The highest BCUT2D eigenvalue weighted by molar-refractivity contribution is 5.72. The highest BCUT2D eigenvalue weighted by atomic mass is 16.4. The molecule has 98 valence electrons. The molecule has 17 heavy (non-hydrogen) atoms. The van der Waals surface area contributed by atoms with Crippen LogP contribution in [-0.2, 0) is 4.79 Å². The first kappa shape index (κ1) is 12.8. The average molecular weight is 241 g/mol. The third-order valence-corrected chi connectivity index (χ3v) is 4.81. The number of likely N-dealkylation sites (tertiary alicyclic amines) is 1. The maximum atomic E-state index is 11.0. The minimum atomic E-state index is -0.755. The number of carboxylic acid groups (broad SMARTS) is 1. The van der Waals surface area contributed by atoms with Crippen molar-refractivity contribution in [3.63, 3.8) is 0 Å². The van der Waals surface area contributed by atoms with E-state index in [0.717, 1.165) is 25.9 Å². The van der Waals surface area contributed by atoms with Crippen molar-refractivity contribution in [2.45, 2.75) is 45.1 Å². The Kier molecular flexibility index (Phi) is 3.73. The van der Waals surface area contributed by atoms with E-state index in [1.165, 1.54) is 19.3 Å². The number of aliphatic hydroxyl groups excluding tert-OH is 1. The standard InChI is InChI=1S/C13H23NO3/c1-10(12(16)17)14-7-11(8-15)13(9-14)5-3-2-4-6-13/h10-11,15H,2-9H2,1H3,(H,16,17)/t10-,11+/m1/s1. The molecule has 2 fully saturated rings. The Morgan fingerprint density at radius 1 is 1.41 bits per heavy atom. The Morgan fingerprint density at radius 3 is 2.59 bits per heavy atom. The van der Waals surface area contributed by atoms with Crippen LogP contribution in [-0.4, -0.2) is 46.8 Å². The van der Waals surface area contributed by atoms with E-state index in [1.54, 1.807) is 6.92 Å². The maximum Gasteiger partial charge on any atom is 0.320 e. The number of hydrogen-bond donors (Lipinski definition) is 2. The second-order valence-electron chi connectivity index (χ2n) is 5.75. The van der Waals surface area contributed by atoms with Gasteiger partial charge in [0.2, 0.25) is 0 Å². The molecule has 2 atom stereocenters.